The molecular weight excluding hydrogens is 410 g/mol. The molecule has 0 aromatic heterocycles. The second-order valence-electron chi connectivity index (χ2n) is 6.88. The van der Waals surface area contributed by atoms with Crippen LogP contribution in [-0.2, 0) is 22.6 Å². The summed E-state index contributed by atoms with van der Waals surface area (Å²) in [6, 6.07) is 23.0. The van der Waals surface area contributed by atoms with Crippen molar-refractivity contribution < 1.29 is 23.9 Å². The number of carbonyl (C=O) groups excluding carboxylic acids is 3. The highest BCUT2D eigenvalue weighted by Crippen LogP contribution is 2.18. The van der Waals surface area contributed by atoms with Gasteiger partial charge in [-0.15, -0.1) is 0 Å². The molecule has 0 radical (unpaired) electrons. The molecule has 0 spiro atoms. The summed E-state index contributed by atoms with van der Waals surface area (Å²) in [6.45, 7) is 0.192. The lowest BCUT2D eigenvalue weighted by atomic mass is 10.1. The first-order chi connectivity index (χ1) is 15.5. The van der Waals surface area contributed by atoms with Gasteiger partial charge in [0, 0.05) is 23.9 Å². The molecule has 8 heteroatoms. The van der Waals surface area contributed by atoms with E-state index in [4.69, 9.17) is 15.2 Å². The lowest BCUT2D eigenvalue weighted by Gasteiger charge is -2.09. The zero-order valence-corrected chi connectivity index (χ0v) is 17.2. The number of anilines is 2. The van der Waals surface area contributed by atoms with E-state index in [1.807, 2.05) is 42.5 Å². The number of amides is 3. The molecule has 0 atom stereocenters. The second kappa shape index (κ2) is 11.2. The Morgan fingerprint density at radius 1 is 0.781 bits per heavy atom. The van der Waals surface area contributed by atoms with Crippen LogP contribution in [0.1, 0.15) is 17.5 Å². The van der Waals surface area contributed by atoms with Crippen molar-refractivity contribution in [1.29, 1.82) is 0 Å². The van der Waals surface area contributed by atoms with E-state index >= 15 is 0 Å². The Labute approximate surface area is 185 Å². The lowest BCUT2D eigenvalue weighted by Crippen LogP contribution is -2.16. The molecule has 0 saturated carbocycles. The summed E-state index contributed by atoms with van der Waals surface area (Å²) >= 11 is 0. The van der Waals surface area contributed by atoms with Gasteiger partial charge in [0.1, 0.15) is 12.4 Å². The number of hydrogen-bond donors (Lipinski definition) is 3. The fraction of sp³-hybridized carbons (Fsp3) is 0.125. The molecule has 3 aromatic carbocycles. The summed E-state index contributed by atoms with van der Waals surface area (Å²) < 4.78 is 9.98. The summed E-state index contributed by atoms with van der Waals surface area (Å²) in [5.41, 5.74) is 7.93. The third-order valence-electron chi connectivity index (χ3n) is 4.39. The predicted molar refractivity (Wildman–Crippen MR) is 120 cm³/mol. The van der Waals surface area contributed by atoms with Gasteiger partial charge in [0.05, 0.1) is 0 Å². The van der Waals surface area contributed by atoms with Crippen LogP contribution in [0.4, 0.5) is 21.0 Å². The van der Waals surface area contributed by atoms with Crippen molar-refractivity contribution in [2.24, 2.45) is 5.73 Å². The molecule has 0 aliphatic carbocycles. The van der Waals surface area contributed by atoms with Crippen molar-refractivity contribution in [3.63, 3.8) is 0 Å². The number of nitrogens with two attached hydrogens (primary N) is 1. The van der Waals surface area contributed by atoms with E-state index in [0.29, 0.717) is 17.8 Å². The van der Waals surface area contributed by atoms with Crippen LogP contribution in [0.15, 0.2) is 78.9 Å². The maximum Gasteiger partial charge on any atom is 0.411 e. The van der Waals surface area contributed by atoms with Gasteiger partial charge in [-0.2, -0.15) is 0 Å². The molecule has 32 heavy (non-hydrogen) atoms. The Morgan fingerprint density at radius 3 is 2.25 bits per heavy atom. The van der Waals surface area contributed by atoms with Crippen LogP contribution in [0, 0.1) is 0 Å². The number of ether oxygens (including phenoxy) is 2. The van der Waals surface area contributed by atoms with Gasteiger partial charge < -0.3 is 20.5 Å². The highest BCUT2D eigenvalue weighted by atomic mass is 16.6. The first-order valence-corrected chi connectivity index (χ1v) is 9.92. The molecule has 0 heterocycles. The third kappa shape index (κ3) is 7.49. The summed E-state index contributed by atoms with van der Waals surface area (Å²) in [6.07, 6.45) is -0.686. The summed E-state index contributed by atoms with van der Waals surface area (Å²) in [4.78, 5) is 34.9. The van der Waals surface area contributed by atoms with Crippen molar-refractivity contribution >= 4 is 29.5 Å². The van der Waals surface area contributed by atoms with Crippen molar-refractivity contribution in [3.05, 3.63) is 90.0 Å². The van der Waals surface area contributed by atoms with Gasteiger partial charge in [-0.05, 0) is 41.8 Å². The number of rotatable bonds is 8. The SMILES string of the molecule is NC(=O)Oc1cccc(NC(=O)CCc2ccc(NC(=O)OCc3ccccc3)cc2)c1. The van der Waals surface area contributed by atoms with Gasteiger partial charge >= 0.3 is 12.2 Å². The fourth-order valence-electron chi connectivity index (χ4n) is 2.87. The van der Waals surface area contributed by atoms with Crippen LogP contribution < -0.4 is 21.1 Å². The van der Waals surface area contributed by atoms with Crippen molar-refractivity contribution in [1.82, 2.24) is 0 Å². The molecule has 0 bridgehead atoms. The third-order valence-corrected chi connectivity index (χ3v) is 4.39. The van der Waals surface area contributed by atoms with Crippen LogP contribution in [0.5, 0.6) is 5.75 Å². The number of hydrogen-bond acceptors (Lipinski definition) is 5. The molecule has 0 aliphatic heterocycles. The average molecular weight is 433 g/mol. The van der Waals surface area contributed by atoms with E-state index in [2.05, 4.69) is 10.6 Å². The molecule has 8 nitrogen and oxygen atoms in total. The van der Waals surface area contributed by atoms with E-state index < -0.39 is 12.2 Å². The second-order valence-corrected chi connectivity index (χ2v) is 6.88. The largest absolute Gasteiger partial charge is 0.444 e. The molecular formula is C24H23N3O5. The molecule has 3 aromatic rings. The highest BCUT2D eigenvalue weighted by Gasteiger charge is 2.07. The van der Waals surface area contributed by atoms with Crippen molar-refractivity contribution in [2.75, 3.05) is 10.6 Å². The zero-order chi connectivity index (χ0) is 22.8. The fourth-order valence-corrected chi connectivity index (χ4v) is 2.87. The van der Waals surface area contributed by atoms with Gasteiger partial charge in [0.15, 0.2) is 0 Å². The predicted octanol–water partition coefficient (Wildman–Crippen LogP) is 4.46. The number of primary amides is 1. The molecule has 0 aliphatic rings. The van der Waals surface area contributed by atoms with E-state index in [9.17, 15) is 14.4 Å². The molecule has 0 saturated heterocycles. The Balaban J connectivity index is 1.42. The smallest absolute Gasteiger partial charge is 0.411 e. The van der Waals surface area contributed by atoms with Gasteiger partial charge in [0.2, 0.25) is 5.91 Å². The lowest BCUT2D eigenvalue weighted by molar-refractivity contribution is -0.116. The highest BCUT2D eigenvalue weighted by molar-refractivity contribution is 5.91. The average Bonchev–Trinajstić information content (AvgIpc) is 2.78. The standard InChI is InChI=1S/C24H23N3O5/c25-23(29)32-21-8-4-7-20(15-21)26-22(28)14-11-17-9-12-19(13-10-17)27-24(30)31-16-18-5-2-1-3-6-18/h1-10,12-13,15H,11,14,16H2,(H2,25,29)(H,26,28)(H,27,30). The molecule has 3 rings (SSSR count). The number of aryl methyl sites for hydroxylation is 1. The molecule has 164 valence electrons. The molecule has 4 N–H and O–H groups in total. The van der Waals surface area contributed by atoms with Crippen LogP contribution >= 0.6 is 0 Å². The molecule has 0 unspecified atom stereocenters. The maximum absolute atomic E-state index is 12.2. The van der Waals surface area contributed by atoms with E-state index in [1.165, 1.54) is 6.07 Å². The minimum absolute atomic E-state index is 0.187. The zero-order valence-electron chi connectivity index (χ0n) is 17.2. The minimum Gasteiger partial charge on any atom is -0.444 e. The summed E-state index contributed by atoms with van der Waals surface area (Å²) in [7, 11) is 0. The van der Waals surface area contributed by atoms with Crippen LogP contribution in [-0.4, -0.2) is 18.1 Å². The van der Waals surface area contributed by atoms with Gasteiger partial charge in [0.25, 0.3) is 0 Å². The minimum atomic E-state index is -0.920. The topological polar surface area (TPSA) is 120 Å². The quantitative estimate of drug-likeness (QED) is 0.484. The Kier molecular flexibility index (Phi) is 7.80. The number of carbonyl (C=O) groups is 3. The number of benzene rings is 3. The van der Waals surface area contributed by atoms with E-state index in [1.54, 1.807) is 30.3 Å². The normalized spacial score (nSPS) is 10.1. The van der Waals surface area contributed by atoms with Gasteiger partial charge in [-0.3, -0.25) is 10.1 Å². The number of nitrogens with one attached hydrogen (secondary N) is 2. The van der Waals surface area contributed by atoms with Gasteiger partial charge in [-0.25, -0.2) is 9.59 Å². The molecule has 0 fully saturated rings. The van der Waals surface area contributed by atoms with Crippen LogP contribution in [0.3, 0.4) is 0 Å². The molecule has 3 amide bonds. The van der Waals surface area contributed by atoms with Crippen LogP contribution in [0.25, 0.3) is 0 Å². The van der Waals surface area contributed by atoms with Crippen LogP contribution in [0.2, 0.25) is 0 Å². The monoisotopic (exact) mass is 433 g/mol. The Morgan fingerprint density at radius 2 is 1.53 bits per heavy atom. The van der Waals surface area contributed by atoms with Crippen molar-refractivity contribution in [2.45, 2.75) is 19.4 Å². The summed E-state index contributed by atoms with van der Waals surface area (Å²) in [5.74, 6) is 0.0635. The first-order valence-electron chi connectivity index (χ1n) is 9.92. The maximum atomic E-state index is 12.2. The summed E-state index contributed by atoms with van der Waals surface area (Å²) in [5, 5.41) is 5.42. The van der Waals surface area contributed by atoms with E-state index in [-0.39, 0.29) is 24.7 Å². The Hall–Kier alpha value is -4.33. The van der Waals surface area contributed by atoms with E-state index in [0.717, 1.165) is 11.1 Å². The first kappa shape index (κ1) is 22.4. The Bertz CT molecular complexity index is 1070. The van der Waals surface area contributed by atoms with Crippen molar-refractivity contribution in [3.8, 4) is 5.75 Å². The van der Waals surface area contributed by atoms with Gasteiger partial charge in [-0.1, -0.05) is 48.5 Å².